The summed E-state index contributed by atoms with van der Waals surface area (Å²) in [5, 5.41) is 12.7. The Labute approximate surface area is 88.5 Å². The molecule has 1 N–H and O–H groups in total. The van der Waals surface area contributed by atoms with Gasteiger partial charge in [-0.25, -0.2) is 0 Å². The highest BCUT2D eigenvalue weighted by Crippen LogP contribution is 2.28. The van der Waals surface area contributed by atoms with Crippen LogP contribution in [0, 0.1) is 11.3 Å². The third kappa shape index (κ3) is 1.83. The van der Waals surface area contributed by atoms with Crippen molar-refractivity contribution < 1.29 is 0 Å². The molecule has 3 heteroatoms. The third-order valence-electron chi connectivity index (χ3n) is 2.56. The molecule has 0 radical (unpaired) electrons. The van der Waals surface area contributed by atoms with Gasteiger partial charge in [-0.1, -0.05) is 11.6 Å². The van der Waals surface area contributed by atoms with Crippen molar-refractivity contribution in [3.8, 4) is 6.07 Å². The molecule has 14 heavy (non-hydrogen) atoms. The van der Waals surface area contributed by atoms with E-state index in [4.69, 9.17) is 16.9 Å². The molecule has 0 aromatic heterocycles. The van der Waals surface area contributed by atoms with Crippen LogP contribution in [-0.2, 0) is 0 Å². The van der Waals surface area contributed by atoms with Gasteiger partial charge in [0.25, 0.3) is 0 Å². The smallest absolute Gasteiger partial charge is 0.0992 e. The van der Waals surface area contributed by atoms with E-state index in [1.165, 1.54) is 19.3 Å². The number of hydrogen-bond acceptors (Lipinski definition) is 2. The molecular weight excluding hydrogens is 196 g/mol. The minimum atomic E-state index is 0.570. The van der Waals surface area contributed by atoms with Crippen molar-refractivity contribution in [2.24, 2.45) is 0 Å². The highest BCUT2D eigenvalue weighted by atomic mass is 35.5. The maximum Gasteiger partial charge on any atom is 0.0992 e. The average molecular weight is 207 g/mol. The monoisotopic (exact) mass is 206 g/mol. The first kappa shape index (κ1) is 9.36. The second-order valence-corrected chi connectivity index (χ2v) is 3.99. The molecule has 0 bridgehead atoms. The Morgan fingerprint density at radius 2 is 2.21 bits per heavy atom. The van der Waals surface area contributed by atoms with Crippen molar-refractivity contribution in [1.82, 2.24) is 0 Å². The van der Waals surface area contributed by atoms with Gasteiger partial charge in [0.2, 0.25) is 0 Å². The molecular formula is C11H11ClN2. The Hall–Kier alpha value is -1.20. The van der Waals surface area contributed by atoms with Crippen molar-refractivity contribution in [2.75, 3.05) is 5.32 Å². The van der Waals surface area contributed by atoms with Gasteiger partial charge in [-0.2, -0.15) is 5.26 Å². The largest absolute Gasteiger partial charge is 0.381 e. The third-order valence-corrected chi connectivity index (χ3v) is 2.88. The number of hydrogen-bond donors (Lipinski definition) is 1. The van der Waals surface area contributed by atoms with Crippen molar-refractivity contribution in [3.63, 3.8) is 0 Å². The normalized spacial score (nSPS) is 15.7. The van der Waals surface area contributed by atoms with E-state index in [9.17, 15) is 0 Å². The molecule has 1 aromatic carbocycles. The number of anilines is 1. The lowest BCUT2D eigenvalue weighted by Gasteiger charge is -2.27. The van der Waals surface area contributed by atoms with Gasteiger partial charge in [-0.3, -0.25) is 0 Å². The van der Waals surface area contributed by atoms with Crippen LogP contribution in [0.4, 0.5) is 5.69 Å². The molecule has 0 heterocycles. The molecule has 1 aliphatic carbocycles. The number of nitrogens with zero attached hydrogens (tertiary/aromatic N) is 1. The maximum atomic E-state index is 8.66. The standard InChI is InChI=1S/C11H11ClN2/c12-10-6-8(7-13)4-5-11(10)14-9-2-1-3-9/h4-6,9,14H,1-3H2. The second-order valence-electron chi connectivity index (χ2n) is 3.58. The van der Waals surface area contributed by atoms with E-state index in [1.807, 2.05) is 6.07 Å². The number of nitrogens with one attached hydrogen (secondary N) is 1. The van der Waals surface area contributed by atoms with Gasteiger partial charge in [0.1, 0.15) is 0 Å². The molecule has 0 spiro atoms. The zero-order valence-corrected chi connectivity index (χ0v) is 8.51. The lowest BCUT2D eigenvalue weighted by Crippen LogP contribution is -2.27. The van der Waals surface area contributed by atoms with Crippen LogP contribution in [0.25, 0.3) is 0 Å². The van der Waals surface area contributed by atoms with Crippen molar-refractivity contribution in [3.05, 3.63) is 28.8 Å². The van der Waals surface area contributed by atoms with Gasteiger partial charge >= 0.3 is 0 Å². The predicted octanol–water partition coefficient (Wildman–Crippen LogP) is 3.18. The number of nitriles is 1. The van der Waals surface area contributed by atoms with Crippen LogP contribution in [-0.4, -0.2) is 6.04 Å². The van der Waals surface area contributed by atoms with Gasteiger partial charge in [-0.15, -0.1) is 0 Å². The van der Waals surface area contributed by atoms with Crippen LogP contribution in [0.1, 0.15) is 24.8 Å². The molecule has 0 saturated heterocycles. The second kappa shape index (κ2) is 3.89. The van der Waals surface area contributed by atoms with E-state index in [-0.39, 0.29) is 0 Å². The molecule has 2 nitrogen and oxygen atoms in total. The summed E-state index contributed by atoms with van der Waals surface area (Å²) in [6.07, 6.45) is 3.73. The van der Waals surface area contributed by atoms with Gasteiger partial charge in [0.05, 0.1) is 22.3 Å². The highest BCUT2D eigenvalue weighted by Gasteiger charge is 2.17. The molecule has 0 amide bonds. The lowest BCUT2D eigenvalue weighted by molar-refractivity contribution is 0.445. The molecule has 2 rings (SSSR count). The summed E-state index contributed by atoms with van der Waals surface area (Å²) in [5.74, 6) is 0. The number of benzene rings is 1. The van der Waals surface area contributed by atoms with Crippen LogP contribution in [0.2, 0.25) is 5.02 Å². The quantitative estimate of drug-likeness (QED) is 0.807. The fourth-order valence-corrected chi connectivity index (χ4v) is 1.71. The number of rotatable bonds is 2. The predicted molar refractivity (Wildman–Crippen MR) is 57.4 cm³/mol. The van der Waals surface area contributed by atoms with Gasteiger partial charge in [0.15, 0.2) is 0 Å². The van der Waals surface area contributed by atoms with Gasteiger partial charge < -0.3 is 5.32 Å². The zero-order valence-electron chi connectivity index (χ0n) is 7.76. The Morgan fingerprint density at radius 3 is 2.71 bits per heavy atom. The van der Waals surface area contributed by atoms with E-state index >= 15 is 0 Å². The molecule has 72 valence electrons. The van der Waals surface area contributed by atoms with E-state index in [0.717, 1.165) is 5.69 Å². The van der Waals surface area contributed by atoms with Gasteiger partial charge in [-0.05, 0) is 37.5 Å². The average Bonchev–Trinajstić information content (AvgIpc) is 2.13. The summed E-state index contributed by atoms with van der Waals surface area (Å²) in [6, 6.07) is 7.99. The maximum absolute atomic E-state index is 8.66. The molecule has 1 fully saturated rings. The first-order valence-electron chi connectivity index (χ1n) is 4.76. The van der Waals surface area contributed by atoms with Crippen LogP contribution in [0.15, 0.2) is 18.2 Å². The minimum Gasteiger partial charge on any atom is -0.381 e. The van der Waals surface area contributed by atoms with Crippen molar-refractivity contribution >= 4 is 17.3 Å². The molecule has 0 atom stereocenters. The van der Waals surface area contributed by atoms with E-state index in [0.29, 0.717) is 16.6 Å². The highest BCUT2D eigenvalue weighted by molar-refractivity contribution is 6.33. The van der Waals surface area contributed by atoms with E-state index in [2.05, 4.69) is 11.4 Å². The minimum absolute atomic E-state index is 0.570. The van der Waals surface area contributed by atoms with Crippen molar-refractivity contribution in [2.45, 2.75) is 25.3 Å². The molecule has 1 aliphatic rings. The summed E-state index contributed by atoms with van der Waals surface area (Å²) >= 11 is 6.02. The Balaban J connectivity index is 2.14. The Morgan fingerprint density at radius 1 is 1.43 bits per heavy atom. The lowest BCUT2D eigenvalue weighted by atomic mass is 9.93. The molecule has 1 aromatic rings. The van der Waals surface area contributed by atoms with E-state index < -0.39 is 0 Å². The Kier molecular flexibility index (Phi) is 2.60. The summed E-state index contributed by atoms with van der Waals surface area (Å²) < 4.78 is 0. The first-order chi connectivity index (χ1) is 6.79. The summed E-state index contributed by atoms with van der Waals surface area (Å²) in [6.45, 7) is 0. The van der Waals surface area contributed by atoms with Gasteiger partial charge in [0, 0.05) is 6.04 Å². The van der Waals surface area contributed by atoms with E-state index in [1.54, 1.807) is 12.1 Å². The van der Waals surface area contributed by atoms with Crippen LogP contribution in [0.5, 0.6) is 0 Å². The van der Waals surface area contributed by atoms with Crippen LogP contribution in [0.3, 0.4) is 0 Å². The zero-order chi connectivity index (χ0) is 9.97. The fraction of sp³-hybridized carbons (Fsp3) is 0.364. The summed E-state index contributed by atoms with van der Waals surface area (Å²) in [4.78, 5) is 0. The fourth-order valence-electron chi connectivity index (χ4n) is 1.47. The first-order valence-corrected chi connectivity index (χ1v) is 5.13. The molecule has 0 unspecified atom stereocenters. The van der Waals surface area contributed by atoms with Crippen molar-refractivity contribution in [1.29, 1.82) is 5.26 Å². The molecule has 0 aliphatic heterocycles. The van der Waals surface area contributed by atoms with Crippen LogP contribution >= 0.6 is 11.6 Å². The molecule has 1 saturated carbocycles. The summed E-state index contributed by atoms with van der Waals surface area (Å²) in [7, 11) is 0. The van der Waals surface area contributed by atoms with Crippen LogP contribution < -0.4 is 5.32 Å². The summed E-state index contributed by atoms with van der Waals surface area (Å²) in [5.41, 5.74) is 1.55. The SMILES string of the molecule is N#Cc1ccc(NC2CCC2)c(Cl)c1. The Bertz CT molecular complexity index is 377. The topological polar surface area (TPSA) is 35.8 Å². The number of halogens is 1.